The van der Waals surface area contributed by atoms with Crippen LogP contribution in [0.3, 0.4) is 0 Å². The number of para-hydroxylation sites is 2. The maximum atomic E-state index is 9.99. The maximum absolute atomic E-state index is 9.99. The molecule has 1 atom stereocenters. The molecule has 128 valence electrons. The quantitative estimate of drug-likeness (QED) is 0.748. The third-order valence-corrected chi connectivity index (χ3v) is 3.92. The van der Waals surface area contributed by atoms with E-state index in [4.69, 9.17) is 14.7 Å². The number of fused-ring (bicyclic) bond motifs is 1. The number of aromatic nitrogens is 2. The van der Waals surface area contributed by atoms with Crippen molar-refractivity contribution in [2.75, 3.05) is 13.7 Å². The lowest BCUT2D eigenvalue weighted by Gasteiger charge is -2.14. The molecule has 1 aromatic heterocycles. The van der Waals surface area contributed by atoms with Gasteiger partial charge in [-0.1, -0.05) is 12.1 Å². The molecule has 0 radical (unpaired) electrons. The third kappa shape index (κ3) is 3.42. The third-order valence-electron chi connectivity index (χ3n) is 3.92. The highest BCUT2D eigenvalue weighted by atomic mass is 16.5. The number of ether oxygens (including phenoxy) is 2. The standard InChI is InChI=1S/C19H19N3O3/c1-13(23)19-21-15-5-3-4-6-16(15)22(19)9-10-25-17-8-7-14(12-20)11-18(17)24-2/h3-8,11,13,23H,9-10H2,1-2H3/t13-/m0/s1. The minimum atomic E-state index is -0.670. The summed E-state index contributed by atoms with van der Waals surface area (Å²) >= 11 is 0. The first-order valence-electron chi connectivity index (χ1n) is 7.98. The van der Waals surface area contributed by atoms with Gasteiger partial charge < -0.3 is 19.1 Å². The Bertz CT molecular complexity index is 925. The fraction of sp³-hybridized carbons (Fsp3) is 0.263. The highest BCUT2D eigenvalue weighted by molar-refractivity contribution is 5.76. The van der Waals surface area contributed by atoms with E-state index in [1.54, 1.807) is 25.1 Å². The number of aliphatic hydroxyl groups is 1. The Morgan fingerprint density at radius 3 is 2.76 bits per heavy atom. The summed E-state index contributed by atoms with van der Waals surface area (Å²) in [6.45, 7) is 2.61. The van der Waals surface area contributed by atoms with Crippen LogP contribution in [-0.2, 0) is 6.54 Å². The summed E-state index contributed by atoms with van der Waals surface area (Å²) in [5.41, 5.74) is 2.31. The average Bonchev–Trinajstić information content (AvgIpc) is 3.01. The molecule has 0 aliphatic rings. The van der Waals surface area contributed by atoms with Crippen LogP contribution in [0.1, 0.15) is 24.4 Å². The molecular formula is C19H19N3O3. The Balaban J connectivity index is 1.80. The van der Waals surface area contributed by atoms with Crippen molar-refractivity contribution in [1.82, 2.24) is 9.55 Å². The van der Waals surface area contributed by atoms with Crippen molar-refractivity contribution < 1.29 is 14.6 Å². The van der Waals surface area contributed by atoms with Gasteiger partial charge in [-0.25, -0.2) is 4.98 Å². The highest BCUT2D eigenvalue weighted by Crippen LogP contribution is 2.28. The number of aliphatic hydroxyl groups excluding tert-OH is 1. The van der Waals surface area contributed by atoms with E-state index in [9.17, 15) is 5.11 Å². The van der Waals surface area contributed by atoms with E-state index in [1.807, 2.05) is 28.8 Å². The molecule has 2 aromatic carbocycles. The number of hydrogen-bond donors (Lipinski definition) is 1. The minimum Gasteiger partial charge on any atom is -0.493 e. The number of nitrogens with zero attached hydrogens (tertiary/aromatic N) is 3. The van der Waals surface area contributed by atoms with Gasteiger partial charge in [0.25, 0.3) is 0 Å². The van der Waals surface area contributed by atoms with Gasteiger partial charge in [-0.3, -0.25) is 0 Å². The molecule has 25 heavy (non-hydrogen) atoms. The molecule has 0 fully saturated rings. The molecular weight excluding hydrogens is 318 g/mol. The lowest BCUT2D eigenvalue weighted by Crippen LogP contribution is -2.13. The first-order valence-corrected chi connectivity index (χ1v) is 7.98. The summed E-state index contributed by atoms with van der Waals surface area (Å²) in [4.78, 5) is 4.49. The molecule has 0 unspecified atom stereocenters. The summed E-state index contributed by atoms with van der Waals surface area (Å²) in [5, 5.41) is 18.9. The number of methoxy groups -OCH3 is 1. The van der Waals surface area contributed by atoms with E-state index in [0.717, 1.165) is 11.0 Å². The van der Waals surface area contributed by atoms with Crippen LogP contribution in [0.4, 0.5) is 0 Å². The maximum Gasteiger partial charge on any atom is 0.162 e. The van der Waals surface area contributed by atoms with Crippen molar-refractivity contribution in [2.24, 2.45) is 0 Å². The van der Waals surface area contributed by atoms with Crippen LogP contribution in [0, 0.1) is 11.3 Å². The topological polar surface area (TPSA) is 80.3 Å². The second kappa shape index (κ2) is 7.24. The molecule has 3 aromatic rings. The molecule has 0 bridgehead atoms. The zero-order chi connectivity index (χ0) is 17.8. The van der Waals surface area contributed by atoms with Crippen molar-refractivity contribution >= 4 is 11.0 Å². The van der Waals surface area contributed by atoms with Gasteiger partial charge in [0.2, 0.25) is 0 Å². The summed E-state index contributed by atoms with van der Waals surface area (Å²) in [7, 11) is 1.54. The molecule has 0 saturated heterocycles. The second-order valence-corrected chi connectivity index (χ2v) is 5.61. The van der Waals surface area contributed by atoms with E-state index in [1.165, 1.54) is 7.11 Å². The van der Waals surface area contributed by atoms with Crippen LogP contribution in [0.25, 0.3) is 11.0 Å². The van der Waals surface area contributed by atoms with Crippen LogP contribution in [-0.4, -0.2) is 28.4 Å². The van der Waals surface area contributed by atoms with Crippen molar-refractivity contribution in [3.63, 3.8) is 0 Å². The fourth-order valence-electron chi connectivity index (χ4n) is 2.75. The van der Waals surface area contributed by atoms with Gasteiger partial charge in [0.1, 0.15) is 18.5 Å². The van der Waals surface area contributed by atoms with Crippen LogP contribution in [0.15, 0.2) is 42.5 Å². The molecule has 1 heterocycles. The van der Waals surface area contributed by atoms with Crippen LogP contribution in [0.5, 0.6) is 11.5 Å². The van der Waals surface area contributed by atoms with Crippen LogP contribution < -0.4 is 9.47 Å². The van der Waals surface area contributed by atoms with Gasteiger partial charge in [0, 0.05) is 6.07 Å². The fourth-order valence-corrected chi connectivity index (χ4v) is 2.75. The van der Waals surface area contributed by atoms with Gasteiger partial charge >= 0.3 is 0 Å². The van der Waals surface area contributed by atoms with E-state index in [2.05, 4.69) is 11.1 Å². The van der Waals surface area contributed by atoms with Crippen molar-refractivity contribution in [3.8, 4) is 17.6 Å². The zero-order valence-corrected chi connectivity index (χ0v) is 14.1. The number of nitriles is 1. The lowest BCUT2D eigenvalue weighted by atomic mass is 10.2. The van der Waals surface area contributed by atoms with Crippen molar-refractivity contribution in [2.45, 2.75) is 19.6 Å². The average molecular weight is 337 g/mol. The normalized spacial score (nSPS) is 11.9. The lowest BCUT2D eigenvalue weighted by molar-refractivity contribution is 0.181. The first kappa shape index (κ1) is 16.8. The molecule has 0 amide bonds. The predicted molar refractivity (Wildman–Crippen MR) is 93.6 cm³/mol. The second-order valence-electron chi connectivity index (χ2n) is 5.61. The Morgan fingerprint density at radius 1 is 1.24 bits per heavy atom. The Kier molecular flexibility index (Phi) is 4.87. The molecule has 0 spiro atoms. The predicted octanol–water partition coefficient (Wildman–Crippen LogP) is 3.05. The van der Waals surface area contributed by atoms with Gasteiger partial charge in [-0.2, -0.15) is 5.26 Å². The smallest absolute Gasteiger partial charge is 0.162 e. The molecule has 0 aliphatic heterocycles. The first-order chi connectivity index (χ1) is 12.1. The van der Waals surface area contributed by atoms with Crippen molar-refractivity contribution in [1.29, 1.82) is 5.26 Å². The Labute approximate surface area is 145 Å². The van der Waals surface area contributed by atoms with E-state index < -0.39 is 6.10 Å². The Morgan fingerprint density at radius 2 is 2.04 bits per heavy atom. The number of benzene rings is 2. The highest BCUT2D eigenvalue weighted by Gasteiger charge is 2.14. The molecule has 6 heteroatoms. The Hall–Kier alpha value is -3.04. The molecule has 1 N–H and O–H groups in total. The number of hydrogen-bond acceptors (Lipinski definition) is 5. The minimum absolute atomic E-state index is 0.377. The largest absolute Gasteiger partial charge is 0.493 e. The number of imidazole rings is 1. The summed E-state index contributed by atoms with van der Waals surface area (Å²) < 4.78 is 13.0. The van der Waals surface area contributed by atoms with Gasteiger partial charge in [0.15, 0.2) is 11.5 Å². The monoisotopic (exact) mass is 337 g/mol. The van der Waals surface area contributed by atoms with Crippen LogP contribution in [0.2, 0.25) is 0 Å². The SMILES string of the molecule is COc1cc(C#N)ccc1OCCn1c([C@H](C)O)nc2ccccc21. The molecule has 0 saturated carbocycles. The molecule has 0 aliphatic carbocycles. The van der Waals surface area contributed by atoms with E-state index in [-0.39, 0.29) is 0 Å². The molecule has 6 nitrogen and oxygen atoms in total. The summed E-state index contributed by atoms with van der Waals surface area (Å²) in [6, 6.07) is 14.9. The van der Waals surface area contributed by atoms with Gasteiger partial charge in [-0.15, -0.1) is 0 Å². The van der Waals surface area contributed by atoms with E-state index in [0.29, 0.717) is 36.0 Å². The molecule has 3 rings (SSSR count). The van der Waals surface area contributed by atoms with Gasteiger partial charge in [-0.05, 0) is 31.2 Å². The van der Waals surface area contributed by atoms with Crippen LogP contribution >= 0.6 is 0 Å². The summed E-state index contributed by atoms with van der Waals surface area (Å²) in [5.74, 6) is 1.70. The number of rotatable bonds is 6. The van der Waals surface area contributed by atoms with Gasteiger partial charge in [0.05, 0.1) is 36.3 Å². The van der Waals surface area contributed by atoms with Crippen molar-refractivity contribution in [3.05, 3.63) is 53.9 Å². The zero-order valence-electron chi connectivity index (χ0n) is 14.1. The summed E-state index contributed by atoms with van der Waals surface area (Å²) in [6.07, 6.45) is -0.670. The van der Waals surface area contributed by atoms with E-state index >= 15 is 0 Å².